The van der Waals surface area contributed by atoms with Gasteiger partial charge in [-0.2, -0.15) is 0 Å². The van der Waals surface area contributed by atoms with Crippen molar-refractivity contribution in [3.63, 3.8) is 0 Å². The third kappa shape index (κ3) is 5.42. The normalized spacial score (nSPS) is 10.2. The lowest BCUT2D eigenvalue weighted by atomic mass is 10.2. The van der Waals surface area contributed by atoms with Gasteiger partial charge in [-0.15, -0.1) is 0 Å². The van der Waals surface area contributed by atoms with E-state index < -0.39 is 0 Å². The third-order valence-electron chi connectivity index (χ3n) is 2.81. The highest BCUT2D eigenvalue weighted by Crippen LogP contribution is 2.20. The fourth-order valence-corrected chi connectivity index (χ4v) is 3.33. The second kappa shape index (κ2) is 8.64. The van der Waals surface area contributed by atoms with E-state index in [-0.39, 0.29) is 5.91 Å². The van der Waals surface area contributed by atoms with E-state index in [1.54, 1.807) is 0 Å². The predicted octanol–water partition coefficient (Wildman–Crippen LogP) is 4.06. The molecule has 0 unspecified atom stereocenters. The van der Waals surface area contributed by atoms with Crippen molar-refractivity contribution in [2.75, 3.05) is 24.2 Å². The largest absolute Gasteiger partial charge is 0.358 e. The molecule has 0 radical (unpaired) electrons. The first kappa shape index (κ1) is 17.5. The van der Waals surface area contributed by atoms with Crippen molar-refractivity contribution in [3.05, 3.63) is 28.2 Å². The Kier molecular flexibility index (Phi) is 7.55. The van der Waals surface area contributed by atoms with Gasteiger partial charge in [0.15, 0.2) is 0 Å². The van der Waals surface area contributed by atoms with Gasteiger partial charge < -0.3 is 10.2 Å². The van der Waals surface area contributed by atoms with E-state index in [4.69, 9.17) is 12.2 Å². The zero-order valence-corrected chi connectivity index (χ0v) is 15.1. The molecule has 3 nitrogen and oxygen atoms in total. The molecule has 1 amide bonds. The van der Waals surface area contributed by atoms with Crippen molar-refractivity contribution >= 4 is 55.8 Å². The maximum Gasteiger partial charge on any atom is 0.234 e. The predicted molar refractivity (Wildman–Crippen MR) is 95.5 cm³/mol. The molecule has 0 bridgehead atoms. The Balaban J connectivity index is 2.50. The Bertz CT molecular complexity index is 490. The number of halogens is 1. The summed E-state index contributed by atoms with van der Waals surface area (Å²) in [7, 11) is 0. The molecule has 1 rings (SSSR count). The number of amides is 1. The van der Waals surface area contributed by atoms with Crippen LogP contribution in [0.4, 0.5) is 5.69 Å². The molecule has 0 spiro atoms. The first-order chi connectivity index (χ1) is 9.47. The minimum absolute atomic E-state index is 0.0325. The summed E-state index contributed by atoms with van der Waals surface area (Å²) in [6.07, 6.45) is 0. The quantitative estimate of drug-likeness (QED) is 0.787. The smallest absolute Gasteiger partial charge is 0.234 e. The van der Waals surface area contributed by atoms with Crippen LogP contribution in [-0.4, -0.2) is 34.0 Å². The van der Waals surface area contributed by atoms with Crippen LogP contribution in [0.1, 0.15) is 19.4 Å². The summed E-state index contributed by atoms with van der Waals surface area (Å²) in [5.74, 6) is 0.306. The van der Waals surface area contributed by atoms with E-state index >= 15 is 0 Å². The lowest BCUT2D eigenvalue weighted by Crippen LogP contribution is -2.28. The van der Waals surface area contributed by atoms with Gasteiger partial charge in [0.1, 0.15) is 4.32 Å². The maximum atomic E-state index is 11.9. The fraction of sp³-hybridized carbons (Fsp3) is 0.429. The van der Waals surface area contributed by atoms with Crippen molar-refractivity contribution in [2.45, 2.75) is 20.8 Å². The Labute approximate surface area is 138 Å². The first-order valence-corrected chi connectivity index (χ1v) is 8.64. The number of rotatable bonds is 5. The molecule has 110 valence electrons. The number of carbonyl (C=O) groups excluding carboxylic acids is 1. The van der Waals surface area contributed by atoms with E-state index in [1.807, 2.05) is 25.1 Å². The zero-order chi connectivity index (χ0) is 15.1. The SMILES string of the molecule is CCN(CC)C(=S)SCC(=O)Nc1ccc(Br)cc1C. The second-order valence-corrected chi connectivity index (χ2v) is 6.76. The Morgan fingerprint density at radius 1 is 1.40 bits per heavy atom. The summed E-state index contributed by atoms with van der Waals surface area (Å²) in [6, 6.07) is 5.78. The van der Waals surface area contributed by atoms with Crippen LogP contribution in [0.3, 0.4) is 0 Å². The number of hydrogen-bond donors (Lipinski definition) is 1. The molecule has 6 heteroatoms. The second-order valence-electron chi connectivity index (χ2n) is 4.23. The van der Waals surface area contributed by atoms with Gasteiger partial charge in [-0.3, -0.25) is 4.79 Å². The number of carbonyl (C=O) groups is 1. The molecule has 0 saturated heterocycles. The molecule has 0 fully saturated rings. The number of aryl methyl sites for hydroxylation is 1. The van der Waals surface area contributed by atoms with Crippen molar-refractivity contribution in [1.82, 2.24) is 4.90 Å². The van der Waals surface area contributed by atoms with Crippen molar-refractivity contribution in [1.29, 1.82) is 0 Å². The van der Waals surface area contributed by atoms with Crippen LogP contribution in [0.25, 0.3) is 0 Å². The van der Waals surface area contributed by atoms with Crippen LogP contribution in [-0.2, 0) is 4.79 Å². The molecule has 0 aliphatic rings. The molecule has 1 aromatic carbocycles. The van der Waals surface area contributed by atoms with E-state index in [9.17, 15) is 4.79 Å². The molecular weight excluding hydrogens is 356 g/mol. The maximum absolute atomic E-state index is 11.9. The average Bonchev–Trinajstić information content (AvgIpc) is 2.41. The number of hydrogen-bond acceptors (Lipinski definition) is 3. The van der Waals surface area contributed by atoms with Crippen molar-refractivity contribution in [3.8, 4) is 0 Å². The highest BCUT2D eigenvalue weighted by Gasteiger charge is 2.10. The third-order valence-corrected chi connectivity index (χ3v) is 4.83. The average molecular weight is 375 g/mol. The summed E-state index contributed by atoms with van der Waals surface area (Å²) < 4.78 is 1.78. The standard InChI is InChI=1S/C14H19BrN2OS2/c1-4-17(5-2)14(19)20-9-13(18)16-12-7-6-11(15)8-10(12)3/h6-8H,4-5,9H2,1-3H3,(H,16,18). The van der Waals surface area contributed by atoms with Crippen LogP contribution in [0.15, 0.2) is 22.7 Å². The molecule has 0 heterocycles. The van der Waals surface area contributed by atoms with Gasteiger partial charge in [-0.25, -0.2) is 0 Å². The number of benzene rings is 1. The summed E-state index contributed by atoms with van der Waals surface area (Å²) in [4.78, 5) is 14.0. The Hall–Kier alpha value is -0.590. The van der Waals surface area contributed by atoms with Gasteiger partial charge in [-0.1, -0.05) is 39.9 Å². The van der Waals surface area contributed by atoms with E-state index in [0.717, 1.165) is 33.1 Å². The van der Waals surface area contributed by atoms with Crippen molar-refractivity contribution < 1.29 is 4.79 Å². The monoisotopic (exact) mass is 374 g/mol. The number of thiocarbonyl (C=S) groups is 1. The van der Waals surface area contributed by atoms with Gasteiger partial charge in [0, 0.05) is 23.2 Å². The first-order valence-electron chi connectivity index (χ1n) is 6.45. The molecule has 20 heavy (non-hydrogen) atoms. The van der Waals surface area contributed by atoms with Crippen LogP contribution in [0, 0.1) is 6.92 Å². The van der Waals surface area contributed by atoms with Gasteiger partial charge >= 0.3 is 0 Å². The molecular formula is C14H19BrN2OS2. The van der Waals surface area contributed by atoms with E-state index in [0.29, 0.717) is 5.75 Å². The lowest BCUT2D eigenvalue weighted by molar-refractivity contribution is -0.113. The Morgan fingerprint density at radius 3 is 2.60 bits per heavy atom. The van der Waals surface area contributed by atoms with Gasteiger partial charge in [0.25, 0.3) is 0 Å². The van der Waals surface area contributed by atoms with Gasteiger partial charge in [-0.05, 0) is 44.5 Å². The molecule has 0 aliphatic heterocycles. The summed E-state index contributed by atoms with van der Waals surface area (Å²) in [5, 5.41) is 2.91. The highest BCUT2D eigenvalue weighted by atomic mass is 79.9. The van der Waals surface area contributed by atoms with Crippen LogP contribution in [0.2, 0.25) is 0 Å². The molecule has 0 atom stereocenters. The zero-order valence-electron chi connectivity index (χ0n) is 11.9. The molecule has 0 aliphatic carbocycles. The lowest BCUT2D eigenvalue weighted by Gasteiger charge is -2.20. The topological polar surface area (TPSA) is 32.3 Å². The number of nitrogens with one attached hydrogen (secondary N) is 1. The molecule has 1 aromatic rings. The minimum Gasteiger partial charge on any atom is -0.358 e. The van der Waals surface area contributed by atoms with E-state index in [2.05, 4.69) is 40.0 Å². The van der Waals surface area contributed by atoms with E-state index in [1.165, 1.54) is 11.8 Å². The van der Waals surface area contributed by atoms with Gasteiger partial charge in [0.2, 0.25) is 5.91 Å². The number of nitrogens with zero attached hydrogens (tertiary/aromatic N) is 1. The highest BCUT2D eigenvalue weighted by molar-refractivity contribution is 9.10. The van der Waals surface area contributed by atoms with Gasteiger partial charge in [0.05, 0.1) is 5.75 Å². The fourth-order valence-electron chi connectivity index (χ4n) is 1.65. The van der Waals surface area contributed by atoms with Crippen molar-refractivity contribution in [2.24, 2.45) is 0 Å². The molecule has 1 N–H and O–H groups in total. The molecule has 0 aromatic heterocycles. The number of anilines is 1. The summed E-state index contributed by atoms with van der Waals surface area (Å²) in [6.45, 7) is 7.82. The van der Waals surface area contributed by atoms with Crippen LogP contribution < -0.4 is 5.32 Å². The summed E-state index contributed by atoms with van der Waals surface area (Å²) >= 11 is 10.1. The summed E-state index contributed by atoms with van der Waals surface area (Å²) in [5.41, 5.74) is 1.87. The Morgan fingerprint density at radius 2 is 2.05 bits per heavy atom. The minimum atomic E-state index is -0.0325. The molecule has 0 saturated carbocycles. The number of thioether (sulfide) groups is 1. The van der Waals surface area contributed by atoms with Crippen LogP contribution in [0.5, 0.6) is 0 Å². The van der Waals surface area contributed by atoms with Crippen LogP contribution >= 0.6 is 39.9 Å².